The van der Waals surface area contributed by atoms with Crippen molar-refractivity contribution in [3.8, 4) is 11.3 Å². The van der Waals surface area contributed by atoms with Gasteiger partial charge in [0, 0.05) is 43.9 Å². The molecule has 0 radical (unpaired) electrons. The lowest BCUT2D eigenvalue weighted by molar-refractivity contribution is 0.215. The van der Waals surface area contributed by atoms with E-state index >= 15 is 0 Å². The lowest BCUT2D eigenvalue weighted by Crippen LogP contribution is -2.38. The molecule has 5 rings (SSSR count). The summed E-state index contributed by atoms with van der Waals surface area (Å²) in [6.45, 7) is 4.55. The molecule has 9 heteroatoms. The molecule has 186 valence electrons. The molecular weight excluding hydrogens is 459 g/mol. The fourth-order valence-electron chi connectivity index (χ4n) is 4.45. The van der Waals surface area contributed by atoms with Gasteiger partial charge in [-0.15, -0.1) is 0 Å². The SMILES string of the molecule is CCCCc1nc(N2CCCN(C(=O)Nc3cccc(F)c3)CC2)c2c(-c3ccccc3)noc2n1. The first-order chi connectivity index (χ1) is 17.6. The summed E-state index contributed by atoms with van der Waals surface area (Å²) >= 11 is 0. The van der Waals surface area contributed by atoms with Crippen molar-refractivity contribution >= 4 is 28.6 Å². The highest BCUT2D eigenvalue weighted by Gasteiger charge is 2.26. The van der Waals surface area contributed by atoms with Crippen LogP contribution in [0.2, 0.25) is 0 Å². The normalized spacial score (nSPS) is 14.2. The third-order valence-electron chi connectivity index (χ3n) is 6.32. The number of nitrogens with zero attached hydrogens (tertiary/aromatic N) is 5. The highest BCUT2D eigenvalue weighted by molar-refractivity contribution is 5.98. The topological polar surface area (TPSA) is 87.4 Å². The summed E-state index contributed by atoms with van der Waals surface area (Å²) < 4.78 is 19.2. The average Bonchev–Trinajstić information content (AvgIpc) is 3.16. The number of anilines is 2. The van der Waals surface area contributed by atoms with Crippen LogP contribution < -0.4 is 10.2 Å². The van der Waals surface area contributed by atoms with Crippen molar-refractivity contribution in [3.63, 3.8) is 0 Å². The predicted octanol–water partition coefficient (Wildman–Crippen LogP) is 5.51. The lowest BCUT2D eigenvalue weighted by Gasteiger charge is -2.24. The molecule has 2 aromatic carbocycles. The molecule has 0 spiro atoms. The molecule has 1 aliphatic rings. The Morgan fingerprint density at radius 1 is 1.06 bits per heavy atom. The third-order valence-corrected chi connectivity index (χ3v) is 6.32. The van der Waals surface area contributed by atoms with Gasteiger partial charge in [0.25, 0.3) is 5.71 Å². The number of amides is 2. The summed E-state index contributed by atoms with van der Waals surface area (Å²) in [5, 5.41) is 7.95. The molecule has 36 heavy (non-hydrogen) atoms. The molecule has 1 aliphatic heterocycles. The monoisotopic (exact) mass is 488 g/mol. The number of unbranched alkanes of at least 4 members (excludes halogenated alkanes) is 1. The van der Waals surface area contributed by atoms with Gasteiger partial charge in [-0.1, -0.05) is 54.9 Å². The Hall–Kier alpha value is -4.01. The average molecular weight is 489 g/mol. The lowest BCUT2D eigenvalue weighted by atomic mass is 10.1. The van der Waals surface area contributed by atoms with Crippen LogP contribution in [0.15, 0.2) is 59.1 Å². The van der Waals surface area contributed by atoms with Crippen molar-refractivity contribution < 1.29 is 13.7 Å². The number of aryl methyl sites for hydroxylation is 1. The first-order valence-electron chi connectivity index (χ1n) is 12.4. The number of urea groups is 1. The minimum atomic E-state index is -0.385. The van der Waals surface area contributed by atoms with Crippen molar-refractivity contribution in [2.45, 2.75) is 32.6 Å². The van der Waals surface area contributed by atoms with Crippen LogP contribution in [0.4, 0.5) is 20.7 Å². The van der Waals surface area contributed by atoms with Crippen LogP contribution in [-0.2, 0) is 6.42 Å². The van der Waals surface area contributed by atoms with Gasteiger partial charge in [-0.25, -0.2) is 14.2 Å². The summed E-state index contributed by atoms with van der Waals surface area (Å²) in [5.74, 6) is 1.14. The van der Waals surface area contributed by atoms with Gasteiger partial charge in [0.2, 0.25) is 0 Å². The predicted molar refractivity (Wildman–Crippen MR) is 137 cm³/mol. The van der Waals surface area contributed by atoms with Gasteiger partial charge in [-0.05, 0) is 31.0 Å². The Morgan fingerprint density at radius 2 is 1.92 bits per heavy atom. The van der Waals surface area contributed by atoms with Gasteiger partial charge in [-0.3, -0.25) is 0 Å². The second kappa shape index (κ2) is 10.7. The van der Waals surface area contributed by atoms with E-state index in [1.54, 1.807) is 17.0 Å². The van der Waals surface area contributed by atoms with Crippen LogP contribution in [0.5, 0.6) is 0 Å². The van der Waals surface area contributed by atoms with Crippen molar-refractivity contribution in [2.24, 2.45) is 0 Å². The van der Waals surface area contributed by atoms with E-state index in [4.69, 9.17) is 9.51 Å². The van der Waals surface area contributed by atoms with E-state index in [9.17, 15) is 9.18 Å². The highest BCUT2D eigenvalue weighted by Crippen LogP contribution is 2.34. The number of nitrogens with one attached hydrogen (secondary N) is 1. The zero-order valence-electron chi connectivity index (χ0n) is 20.3. The molecule has 1 N–H and O–H groups in total. The highest BCUT2D eigenvalue weighted by atomic mass is 19.1. The fraction of sp³-hybridized carbons (Fsp3) is 0.333. The van der Waals surface area contributed by atoms with Crippen molar-refractivity contribution in [2.75, 3.05) is 36.4 Å². The number of halogens is 1. The molecule has 0 aliphatic carbocycles. The van der Waals surface area contributed by atoms with Crippen LogP contribution >= 0.6 is 0 Å². The Balaban J connectivity index is 1.42. The summed E-state index contributed by atoms with van der Waals surface area (Å²) in [5.41, 5.74) is 2.58. The van der Waals surface area contributed by atoms with Gasteiger partial charge in [-0.2, -0.15) is 4.98 Å². The molecule has 0 saturated carbocycles. The van der Waals surface area contributed by atoms with E-state index < -0.39 is 0 Å². The summed E-state index contributed by atoms with van der Waals surface area (Å²) in [6, 6.07) is 15.6. The van der Waals surface area contributed by atoms with E-state index in [2.05, 4.69) is 27.3 Å². The van der Waals surface area contributed by atoms with E-state index in [0.717, 1.165) is 54.8 Å². The number of benzene rings is 2. The van der Waals surface area contributed by atoms with Crippen LogP contribution in [0, 0.1) is 5.82 Å². The van der Waals surface area contributed by atoms with Crippen LogP contribution in [0.1, 0.15) is 32.0 Å². The molecular formula is C27H29FN6O2. The minimum Gasteiger partial charge on any atom is -0.354 e. The summed E-state index contributed by atoms with van der Waals surface area (Å²) in [4.78, 5) is 26.5. The quantitative estimate of drug-likeness (QED) is 0.385. The number of fused-ring (bicyclic) bond motifs is 1. The molecule has 2 aromatic heterocycles. The van der Waals surface area contributed by atoms with Crippen molar-refractivity contribution in [3.05, 3.63) is 66.2 Å². The number of rotatable bonds is 6. The van der Waals surface area contributed by atoms with Crippen LogP contribution in [0.3, 0.4) is 0 Å². The van der Waals surface area contributed by atoms with Crippen LogP contribution in [-0.4, -0.2) is 52.2 Å². The van der Waals surface area contributed by atoms with E-state index in [1.165, 1.54) is 12.1 Å². The molecule has 0 unspecified atom stereocenters. The zero-order chi connectivity index (χ0) is 24.9. The van der Waals surface area contributed by atoms with Gasteiger partial charge in [0.15, 0.2) is 0 Å². The van der Waals surface area contributed by atoms with Gasteiger partial charge in [0.1, 0.15) is 28.5 Å². The zero-order valence-corrected chi connectivity index (χ0v) is 20.3. The Morgan fingerprint density at radius 3 is 2.72 bits per heavy atom. The first-order valence-corrected chi connectivity index (χ1v) is 12.4. The van der Waals surface area contributed by atoms with Gasteiger partial charge < -0.3 is 19.6 Å². The van der Waals surface area contributed by atoms with E-state index in [0.29, 0.717) is 36.7 Å². The molecule has 3 heterocycles. The first kappa shape index (κ1) is 23.7. The maximum atomic E-state index is 13.5. The fourth-order valence-corrected chi connectivity index (χ4v) is 4.45. The molecule has 2 amide bonds. The standard InChI is InChI=1S/C27H29FN6O2/c1-2-3-13-22-30-25(23-24(32-36-26(23)31-22)19-9-5-4-6-10-19)33-14-8-15-34(17-16-33)27(35)29-21-12-7-11-20(28)18-21/h4-7,9-12,18H,2-3,8,13-17H2,1H3,(H,29,35). The Labute approximate surface area is 209 Å². The maximum absolute atomic E-state index is 13.5. The molecule has 8 nitrogen and oxygen atoms in total. The summed E-state index contributed by atoms with van der Waals surface area (Å²) in [7, 11) is 0. The number of carbonyl (C=O) groups excluding carboxylic acids is 1. The molecule has 4 aromatic rings. The second-order valence-corrected chi connectivity index (χ2v) is 8.91. The number of aromatic nitrogens is 3. The van der Waals surface area contributed by atoms with Crippen molar-refractivity contribution in [1.29, 1.82) is 0 Å². The number of hydrogen-bond acceptors (Lipinski definition) is 6. The molecule has 1 saturated heterocycles. The molecule has 0 bridgehead atoms. The second-order valence-electron chi connectivity index (χ2n) is 8.91. The molecule has 0 atom stereocenters. The van der Waals surface area contributed by atoms with Gasteiger partial charge >= 0.3 is 6.03 Å². The minimum absolute atomic E-state index is 0.242. The third kappa shape index (κ3) is 5.15. The van der Waals surface area contributed by atoms with Gasteiger partial charge in [0.05, 0.1) is 0 Å². The largest absolute Gasteiger partial charge is 0.354 e. The maximum Gasteiger partial charge on any atom is 0.321 e. The van der Waals surface area contributed by atoms with Crippen LogP contribution in [0.25, 0.3) is 22.4 Å². The number of carbonyl (C=O) groups is 1. The molecule has 1 fully saturated rings. The summed E-state index contributed by atoms with van der Waals surface area (Å²) in [6.07, 6.45) is 3.55. The Kier molecular flexibility index (Phi) is 7.06. The Bertz CT molecular complexity index is 1340. The van der Waals surface area contributed by atoms with E-state index in [-0.39, 0.29) is 11.8 Å². The van der Waals surface area contributed by atoms with Crippen molar-refractivity contribution in [1.82, 2.24) is 20.0 Å². The number of hydrogen-bond donors (Lipinski definition) is 1. The smallest absolute Gasteiger partial charge is 0.321 e. The van der Waals surface area contributed by atoms with E-state index in [1.807, 2.05) is 30.3 Å².